The molecule has 1 heterocycles. The summed E-state index contributed by atoms with van der Waals surface area (Å²) in [6.45, 7) is 0.104. The number of rotatable bonds is 4. The summed E-state index contributed by atoms with van der Waals surface area (Å²) in [5.41, 5.74) is 0.148. The second-order valence-corrected chi connectivity index (χ2v) is 4.57. The molecule has 0 atom stereocenters. The fraction of sp³-hybridized carbons (Fsp3) is 0.0833. The van der Waals surface area contributed by atoms with Crippen molar-refractivity contribution in [2.75, 3.05) is 0 Å². The molecule has 5 nitrogen and oxygen atoms in total. The smallest absolute Gasteiger partial charge is 0.355 e. The van der Waals surface area contributed by atoms with Crippen LogP contribution in [0.4, 0.5) is 4.39 Å². The molecule has 2 N–H and O–H groups in total. The Morgan fingerprint density at radius 2 is 2.21 bits per heavy atom. The van der Waals surface area contributed by atoms with Crippen molar-refractivity contribution >= 4 is 23.2 Å². The number of amides is 1. The number of aromatic nitrogens is 1. The molecule has 0 radical (unpaired) electrons. The van der Waals surface area contributed by atoms with Gasteiger partial charge in [0.05, 0.1) is 6.54 Å². The zero-order valence-electron chi connectivity index (χ0n) is 9.59. The summed E-state index contributed by atoms with van der Waals surface area (Å²) in [5, 5.41) is 13.1. The van der Waals surface area contributed by atoms with Gasteiger partial charge in [0.2, 0.25) is 0 Å². The molecule has 0 spiro atoms. The number of hydrogen-bond donors (Lipinski definition) is 2. The van der Waals surface area contributed by atoms with Crippen LogP contribution in [0, 0.1) is 5.82 Å². The zero-order valence-corrected chi connectivity index (χ0v) is 10.4. The van der Waals surface area contributed by atoms with Crippen LogP contribution in [-0.2, 0) is 6.54 Å². The van der Waals surface area contributed by atoms with E-state index in [9.17, 15) is 14.0 Å². The molecule has 98 valence electrons. The van der Waals surface area contributed by atoms with Gasteiger partial charge in [0, 0.05) is 10.9 Å². The maximum absolute atomic E-state index is 12.9. The van der Waals surface area contributed by atoms with Gasteiger partial charge >= 0.3 is 5.97 Å². The fourth-order valence-electron chi connectivity index (χ4n) is 1.38. The van der Waals surface area contributed by atoms with Crippen molar-refractivity contribution in [2.45, 2.75) is 6.54 Å². The van der Waals surface area contributed by atoms with Gasteiger partial charge in [-0.25, -0.2) is 14.2 Å². The van der Waals surface area contributed by atoms with E-state index in [1.807, 2.05) is 0 Å². The Kier molecular flexibility index (Phi) is 3.86. The molecule has 0 saturated carbocycles. The molecular formula is C12H9FN2O3S. The number of benzene rings is 1. The minimum Gasteiger partial charge on any atom is -0.476 e. The van der Waals surface area contributed by atoms with Gasteiger partial charge in [-0.15, -0.1) is 11.3 Å². The Bertz CT molecular complexity index is 627. The number of carbonyl (C=O) groups is 2. The third-order valence-corrected chi connectivity index (χ3v) is 3.11. The number of carboxylic acids is 1. The average molecular weight is 280 g/mol. The van der Waals surface area contributed by atoms with Crippen molar-refractivity contribution in [1.29, 1.82) is 0 Å². The lowest BCUT2D eigenvalue weighted by molar-refractivity contribution is 0.0691. The SMILES string of the molecule is O=C(NCc1nc(C(=O)O)cs1)c1cccc(F)c1. The summed E-state index contributed by atoms with van der Waals surface area (Å²) in [4.78, 5) is 26.1. The van der Waals surface area contributed by atoms with Crippen LogP contribution in [0.1, 0.15) is 25.9 Å². The molecule has 0 unspecified atom stereocenters. The van der Waals surface area contributed by atoms with E-state index >= 15 is 0 Å². The second-order valence-electron chi connectivity index (χ2n) is 3.62. The second kappa shape index (κ2) is 5.57. The summed E-state index contributed by atoms with van der Waals surface area (Å²) in [7, 11) is 0. The number of carboxylic acid groups (broad SMARTS) is 1. The van der Waals surface area contributed by atoms with Crippen LogP contribution >= 0.6 is 11.3 Å². The topological polar surface area (TPSA) is 79.3 Å². The minimum atomic E-state index is -1.11. The summed E-state index contributed by atoms with van der Waals surface area (Å²) in [6, 6.07) is 5.30. The molecule has 0 fully saturated rings. The van der Waals surface area contributed by atoms with Gasteiger partial charge in [-0.3, -0.25) is 4.79 Å². The molecule has 0 saturated heterocycles. The van der Waals surface area contributed by atoms with Crippen molar-refractivity contribution < 1.29 is 19.1 Å². The van der Waals surface area contributed by atoms with E-state index in [-0.39, 0.29) is 17.8 Å². The van der Waals surface area contributed by atoms with Crippen molar-refractivity contribution in [1.82, 2.24) is 10.3 Å². The minimum absolute atomic E-state index is 0.0556. The molecule has 7 heteroatoms. The van der Waals surface area contributed by atoms with Crippen LogP contribution in [0.5, 0.6) is 0 Å². The number of hydrogen-bond acceptors (Lipinski definition) is 4. The molecule has 1 aromatic carbocycles. The molecule has 2 rings (SSSR count). The third-order valence-electron chi connectivity index (χ3n) is 2.26. The van der Waals surface area contributed by atoms with E-state index < -0.39 is 17.7 Å². The van der Waals surface area contributed by atoms with Crippen LogP contribution in [0.2, 0.25) is 0 Å². The van der Waals surface area contributed by atoms with E-state index in [4.69, 9.17) is 5.11 Å². The predicted molar refractivity (Wildman–Crippen MR) is 66.6 cm³/mol. The van der Waals surface area contributed by atoms with Gasteiger partial charge in [0.1, 0.15) is 10.8 Å². The lowest BCUT2D eigenvalue weighted by atomic mass is 10.2. The molecule has 1 aromatic heterocycles. The van der Waals surface area contributed by atoms with Crippen molar-refractivity contribution in [2.24, 2.45) is 0 Å². The van der Waals surface area contributed by atoms with Crippen LogP contribution < -0.4 is 5.32 Å². The zero-order chi connectivity index (χ0) is 13.8. The van der Waals surface area contributed by atoms with E-state index in [2.05, 4.69) is 10.3 Å². The number of nitrogens with one attached hydrogen (secondary N) is 1. The normalized spacial score (nSPS) is 10.2. The van der Waals surface area contributed by atoms with Gasteiger partial charge in [-0.05, 0) is 18.2 Å². The number of nitrogens with zero attached hydrogens (tertiary/aromatic N) is 1. The first-order valence-corrected chi connectivity index (χ1v) is 6.15. The highest BCUT2D eigenvalue weighted by Crippen LogP contribution is 2.10. The Morgan fingerprint density at radius 3 is 2.84 bits per heavy atom. The molecule has 0 aliphatic heterocycles. The largest absolute Gasteiger partial charge is 0.476 e. The molecule has 19 heavy (non-hydrogen) atoms. The molecule has 2 aromatic rings. The predicted octanol–water partition coefficient (Wildman–Crippen LogP) is 1.91. The first-order valence-electron chi connectivity index (χ1n) is 5.28. The summed E-state index contributed by atoms with van der Waals surface area (Å²) >= 11 is 1.14. The van der Waals surface area contributed by atoms with E-state index in [1.54, 1.807) is 0 Å². The quantitative estimate of drug-likeness (QED) is 0.896. The van der Waals surface area contributed by atoms with Crippen molar-refractivity contribution in [3.63, 3.8) is 0 Å². The standard InChI is InChI=1S/C12H9FN2O3S/c13-8-3-1-2-7(4-8)11(16)14-5-10-15-9(6-19-10)12(17)18/h1-4,6H,5H2,(H,14,16)(H,17,18). The Morgan fingerprint density at radius 1 is 1.42 bits per heavy atom. The summed E-state index contributed by atoms with van der Waals surface area (Å²) < 4.78 is 12.9. The maximum atomic E-state index is 12.9. The maximum Gasteiger partial charge on any atom is 0.355 e. The lowest BCUT2D eigenvalue weighted by Crippen LogP contribution is -2.22. The highest BCUT2D eigenvalue weighted by atomic mass is 32.1. The van der Waals surface area contributed by atoms with Gasteiger partial charge in [0.15, 0.2) is 5.69 Å². The lowest BCUT2D eigenvalue weighted by Gasteiger charge is -2.02. The van der Waals surface area contributed by atoms with E-state index in [0.29, 0.717) is 5.01 Å². The highest BCUT2D eigenvalue weighted by molar-refractivity contribution is 7.09. The molecule has 0 aliphatic carbocycles. The Balaban J connectivity index is 1.98. The van der Waals surface area contributed by atoms with Gasteiger partial charge in [0.25, 0.3) is 5.91 Å². The van der Waals surface area contributed by atoms with Crippen LogP contribution in [0.15, 0.2) is 29.6 Å². The van der Waals surface area contributed by atoms with Gasteiger partial charge < -0.3 is 10.4 Å². The number of aromatic carboxylic acids is 1. The Labute approximate surface area is 111 Å². The molecular weight excluding hydrogens is 271 g/mol. The van der Waals surface area contributed by atoms with Crippen molar-refractivity contribution in [3.05, 3.63) is 51.7 Å². The monoisotopic (exact) mass is 280 g/mol. The highest BCUT2D eigenvalue weighted by Gasteiger charge is 2.10. The number of thiazole rings is 1. The third kappa shape index (κ3) is 3.35. The number of halogens is 1. The summed E-state index contributed by atoms with van der Waals surface area (Å²) in [6.07, 6.45) is 0. The number of carbonyl (C=O) groups excluding carboxylic acids is 1. The first kappa shape index (κ1) is 13.2. The van der Waals surface area contributed by atoms with Gasteiger partial charge in [-0.2, -0.15) is 0 Å². The molecule has 1 amide bonds. The Hall–Kier alpha value is -2.28. The van der Waals surface area contributed by atoms with E-state index in [1.165, 1.54) is 23.6 Å². The molecule has 0 aliphatic rings. The fourth-order valence-corrected chi connectivity index (χ4v) is 2.09. The van der Waals surface area contributed by atoms with Crippen LogP contribution in [0.3, 0.4) is 0 Å². The van der Waals surface area contributed by atoms with E-state index in [0.717, 1.165) is 17.4 Å². The van der Waals surface area contributed by atoms with Crippen LogP contribution in [-0.4, -0.2) is 22.0 Å². The van der Waals surface area contributed by atoms with Gasteiger partial charge in [-0.1, -0.05) is 6.07 Å². The van der Waals surface area contributed by atoms with Crippen LogP contribution in [0.25, 0.3) is 0 Å². The van der Waals surface area contributed by atoms with Crippen molar-refractivity contribution in [3.8, 4) is 0 Å². The molecule has 0 bridgehead atoms. The summed E-state index contributed by atoms with van der Waals surface area (Å²) in [5.74, 6) is -2.04. The average Bonchev–Trinajstić information content (AvgIpc) is 2.85. The first-order chi connectivity index (χ1) is 9.06.